The third kappa shape index (κ3) is 3.01. The number of nitrogens with zero attached hydrogens (tertiary/aromatic N) is 2. The van der Waals surface area contributed by atoms with Crippen LogP contribution in [0.1, 0.15) is 33.4 Å². The van der Waals surface area contributed by atoms with Crippen LogP contribution in [-0.4, -0.2) is 21.7 Å². The van der Waals surface area contributed by atoms with Gasteiger partial charge in [0.15, 0.2) is 5.01 Å². The number of hydrogen-bond acceptors (Lipinski definition) is 5. The van der Waals surface area contributed by atoms with Gasteiger partial charge in [-0.1, -0.05) is 32.1 Å². The van der Waals surface area contributed by atoms with E-state index in [0.29, 0.717) is 10.6 Å². The number of aromatic amines is 1. The molecule has 19 heavy (non-hydrogen) atoms. The van der Waals surface area contributed by atoms with E-state index < -0.39 is 0 Å². The summed E-state index contributed by atoms with van der Waals surface area (Å²) in [6.45, 7) is 8.96. The fraction of sp³-hybridized carbons (Fsp3) is 0.462. The van der Waals surface area contributed by atoms with Crippen LogP contribution in [0, 0.1) is 0 Å². The van der Waals surface area contributed by atoms with E-state index >= 15 is 0 Å². The Hall–Kier alpha value is -1.69. The van der Waals surface area contributed by atoms with Crippen molar-refractivity contribution in [2.75, 3.05) is 11.9 Å². The van der Waals surface area contributed by atoms with Gasteiger partial charge in [0.2, 0.25) is 5.13 Å². The molecule has 0 aromatic carbocycles. The molecule has 0 bridgehead atoms. The van der Waals surface area contributed by atoms with Crippen molar-refractivity contribution in [1.29, 1.82) is 0 Å². The summed E-state index contributed by atoms with van der Waals surface area (Å²) < 4.78 is 0. The molecule has 6 heteroatoms. The summed E-state index contributed by atoms with van der Waals surface area (Å²) in [5.41, 5.74) is 1.28. The fourth-order valence-corrected chi connectivity index (χ4v) is 2.47. The van der Waals surface area contributed by atoms with E-state index in [1.165, 1.54) is 11.3 Å². The molecule has 2 aromatic heterocycles. The van der Waals surface area contributed by atoms with Gasteiger partial charge in [-0.15, -0.1) is 10.2 Å². The Labute approximate surface area is 116 Å². The van der Waals surface area contributed by atoms with Crippen LogP contribution in [0.4, 0.5) is 5.13 Å². The lowest BCUT2D eigenvalue weighted by Gasteiger charge is -2.18. The van der Waals surface area contributed by atoms with Crippen LogP contribution in [0.5, 0.6) is 0 Å². The van der Waals surface area contributed by atoms with Gasteiger partial charge in [0, 0.05) is 17.7 Å². The average molecular weight is 278 g/mol. The molecule has 0 aliphatic heterocycles. The van der Waals surface area contributed by atoms with E-state index in [-0.39, 0.29) is 11.0 Å². The molecule has 0 fully saturated rings. The zero-order valence-corrected chi connectivity index (χ0v) is 12.4. The SMILES string of the molecule is CCNc1nnc(-c2ccc(C(C)(C)C)[nH]c2=O)s1. The maximum atomic E-state index is 12.1. The number of pyridine rings is 1. The summed E-state index contributed by atoms with van der Waals surface area (Å²) in [6.07, 6.45) is 0. The first-order valence-corrected chi connectivity index (χ1v) is 7.05. The smallest absolute Gasteiger partial charge is 0.258 e. The predicted octanol–water partition coefficient (Wildman–Crippen LogP) is 2.62. The zero-order chi connectivity index (χ0) is 14.0. The number of H-pyrrole nitrogens is 1. The molecule has 0 unspecified atom stereocenters. The van der Waals surface area contributed by atoms with Crippen LogP contribution in [-0.2, 0) is 5.41 Å². The molecular formula is C13H18N4OS. The van der Waals surface area contributed by atoms with Crippen molar-refractivity contribution in [1.82, 2.24) is 15.2 Å². The molecule has 0 atom stereocenters. The molecule has 2 heterocycles. The monoisotopic (exact) mass is 278 g/mol. The first kappa shape index (κ1) is 13.7. The Morgan fingerprint density at radius 2 is 2.05 bits per heavy atom. The average Bonchev–Trinajstić information content (AvgIpc) is 2.76. The van der Waals surface area contributed by atoms with Crippen molar-refractivity contribution in [2.45, 2.75) is 33.1 Å². The Morgan fingerprint density at radius 3 is 2.63 bits per heavy atom. The zero-order valence-electron chi connectivity index (χ0n) is 11.6. The molecule has 0 aliphatic carbocycles. The number of aromatic nitrogens is 3. The van der Waals surface area contributed by atoms with E-state index in [1.807, 2.05) is 19.1 Å². The minimum absolute atomic E-state index is 0.0756. The number of hydrogen-bond donors (Lipinski definition) is 2. The van der Waals surface area contributed by atoms with Crippen LogP contribution >= 0.6 is 11.3 Å². The number of anilines is 1. The normalized spacial score (nSPS) is 11.6. The molecular weight excluding hydrogens is 260 g/mol. The largest absolute Gasteiger partial charge is 0.360 e. The van der Waals surface area contributed by atoms with Gasteiger partial charge in [0.05, 0.1) is 5.56 Å². The van der Waals surface area contributed by atoms with Gasteiger partial charge in [-0.2, -0.15) is 0 Å². The Bertz CT molecular complexity index is 624. The number of rotatable bonds is 3. The van der Waals surface area contributed by atoms with Gasteiger partial charge in [-0.05, 0) is 19.1 Å². The summed E-state index contributed by atoms with van der Waals surface area (Å²) in [7, 11) is 0. The molecule has 2 aromatic rings. The molecule has 5 nitrogen and oxygen atoms in total. The molecule has 0 amide bonds. The highest BCUT2D eigenvalue weighted by Gasteiger charge is 2.17. The topological polar surface area (TPSA) is 70.7 Å². The molecule has 0 aliphatic rings. The molecule has 0 saturated carbocycles. The van der Waals surface area contributed by atoms with Crippen LogP contribution < -0.4 is 10.9 Å². The van der Waals surface area contributed by atoms with E-state index in [2.05, 4.69) is 41.3 Å². The predicted molar refractivity (Wildman–Crippen MR) is 78.8 cm³/mol. The molecule has 2 rings (SSSR count). The van der Waals surface area contributed by atoms with Gasteiger partial charge in [-0.25, -0.2) is 0 Å². The van der Waals surface area contributed by atoms with Crippen LogP contribution in [0.15, 0.2) is 16.9 Å². The lowest BCUT2D eigenvalue weighted by Crippen LogP contribution is -2.20. The first-order chi connectivity index (χ1) is 8.91. The third-order valence-electron chi connectivity index (χ3n) is 2.70. The van der Waals surface area contributed by atoms with Gasteiger partial charge < -0.3 is 10.3 Å². The molecule has 0 radical (unpaired) electrons. The molecule has 2 N–H and O–H groups in total. The summed E-state index contributed by atoms with van der Waals surface area (Å²) in [5, 5.41) is 12.5. The van der Waals surface area contributed by atoms with E-state index in [0.717, 1.165) is 17.4 Å². The minimum atomic E-state index is -0.119. The second kappa shape index (κ2) is 5.13. The summed E-state index contributed by atoms with van der Waals surface area (Å²) in [5.74, 6) is 0. The summed E-state index contributed by atoms with van der Waals surface area (Å²) >= 11 is 1.38. The van der Waals surface area contributed by atoms with Gasteiger partial charge >= 0.3 is 0 Å². The Balaban J connectivity index is 2.38. The van der Waals surface area contributed by atoms with Crippen molar-refractivity contribution in [2.24, 2.45) is 0 Å². The van der Waals surface area contributed by atoms with E-state index in [9.17, 15) is 4.79 Å². The molecule has 0 spiro atoms. The van der Waals surface area contributed by atoms with E-state index in [1.54, 1.807) is 0 Å². The second-order valence-electron chi connectivity index (χ2n) is 5.31. The van der Waals surface area contributed by atoms with Crippen LogP contribution in [0.3, 0.4) is 0 Å². The highest BCUT2D eigenvalue weighted by atomic mass is 32.1. The highest BCUT2D eigenvalue weighted by Crippen LogP contribution is 2.25. The minimum Gasteiger partial charge on any atom is -0.360 e. The lowest BCUT2D eigenvalue weighted by atomic mass is 9.91. The Morgan fingerprint density at radius 1 is 1.32 bits per heavy atom. The first-order valence-electron chi connectivity index (χ1n) is 6.23. The van der Waals surface area contributed by atoms with E-state index in [4.69, 9.17) is 0 Å². The van der Waals surface area contributed by atoms with Crippen molar-refractivity contribution in [3.63, 3.8) is 0 Å². The summed E-state index contributed by atoms with van der Waals surface area (Å²) in [6, 6.07) is 3.75. The van der Waals surface area contributed by atoms with Crippen molar-refractivity contribution in [3.05, 3.63) is 28.2 Å². The molecule has 0 saturated heterocycles. The van der Waals surface area contributed by atoms with Crippen molar-refractivity contribution >= 4 is 16.5 Å². The summed E-state index contributed by atoms with van der Waals surface area (Å²) in [4.78, 5) is 15.0. The Kier molecular flexibility index (Phi) is 3.71. The second-order valence-corrected chi connectivity index (χ2v) is 6.29. The maximum Gasteiger partial charge on any atom is 0.258 e. The van der Waals surface area contributed by atoms with Gasteiger partial charge in [0.1, 0.15) is 0 Å². The third-order valence-corrected chi connectivity index (χ3v) is 3.62. The highest BCUT2D eigenvalue weighted by molar-refractivity contribution is 7.18. The standard InChI is InChI=1S/C13H18N4OS/c1-5-14-12-17-16-11(19-12)8-6-7-9(13(2,3)4)15-10(8)18/h6-7H,5H2,1-4H3,(H,14,17)(H,15,18). The maximum absolute atomic E-state index is 12.1. The fourth-order valence-electron chi connectivity index (χ4n) is 1.63. The van der Waals surface area contributed by atoms with Crippen LogP contribution in [0.25, 0.3) is 10.6 Å². The molecule has 102 valence electrons. The number of nitrogens with one attached hydrogen (secondary N) is 2. The van der Waals surface area contributed by atoms with Gasteiger partial charge in [-0.3, -0.25) is 4.79 Å². The van der Waals surface area contributed by atoms with Gasteiger partial charge in [0.25, 0.3) is 5.56 Å². The van der Waals surface area contributed by atoms with Crippen molar-refractivity contribution in [3.8, 4) is 10.6 Å². The van der Waals surface area contributed by atoms with Crippen molar-refractivity contribution < 1.29 is 0 Å². The quantitative estimate of drug-likeness (QED) is 0.905. The lowest BCUT2D eigenvalue weighted by molar-refractivity contribution is 0.567. The van der Waals surface area contributed by atoms with Crippen LogP contribution in [0.2, 0.25) is 0 Å².